The Bertz CT molecular complexity index is 1230. The number of rotatable bonds is 48. The van der Waals surface area contributed by atoms with E-state index in [1.54, 1.807) is 0 Å². The summed E-state index contributed by atoms with van der Waals surface area (Å²) in [5.41, 5.74) is 0. The Morgan fingerprint density at radius 3 is 1.28 bits per heavy atom. The number of aliphatic hydroxyl groups excluding tert-OH is 7. The zero-order valence-electron chi connectivity index (χ0n) is 45.0. The molecule has 11 atom stereocenters. The second kappa shape index (κ2) is 45.0. The fourth-order valence-electron chi connectivity index (χ4n) is 9.52. The van der Waals surface area contributed by atoms with E-state index in [2.05, 4.69) is 26.0 Å². The van der Waals surface area contributed by atoms with Gasteiger partial charge in [-0.15, -0.1) is 0 Å². The third-order valence-electron chi connectivity index (χ3n) is 14.3. The first kappa shape index (κ1) is 65.8. The van der Waals surface area contributed by atoms with Crippen LogP contribution in [-0.2, 0) is 33.2 Å². The number of carbonyl (C=O) groups is 1. The maximum Gasteiger partial charge on any atom is 0.306 e. The number of hydrogen-bond acceptors (Lipinski definition) is 14. The molecule has 2 fully saturated rings. The predicted molar refractivity (Wildman–Crippen MR) is 280 cm³/mol. The smallest absolute Gasteiger partial charge is 0.306 e. The molecule has 14 nitrogen and oxygen atoms in total. The van der Waals surface area contributed by atoms with Gasteiger partial charge in [0.15, 0.2) is 12.6 Å². The van der Waals surface area contributed by atoms with Gasteiger partial charge in [-0.3, -0.25) is 4.79 Å². The van der Waals surface area contributed by atoms with Crippen molar-refractivity contribution in [3.05, 3.63) is 12.2 Å². The van der Waals surface area contributed by atoms with Crippen LogP contribution in [0.3, 0.4) is 0 Å². The molecular formula is C57H108O14. The van der Waals surface area contributed by atoms with Gasteiger partial charge in [-0.1, -0.05) is 212 Å². The van der Waals surface area contributed by atoms with Crippen LogP contribution in [0.25, 0.3) is 0 Å². The summed E-state index contributed by atoms with van der Waals surface area (Å²) in [5, 5.41) is 72.3. The van der Waals surface area contributed by atoms with Crippen LogP contribution in [0.15, 0.2) is 12.2 Å². The third kappa shape index (κ3) is 32.0. The number of hydrogen-bond donors (Lipinski definition) is 7. The van der Waals surface area contributed by atoms with E-state index in [0.717, 1.165) is 44.9 Å². The molecule has 71 heavy (non-hydrogen) atoms. The van der Waals surface area contributed by atoms with E-state index < -0.39 is 80.7 Å². The molecule has 0 bridgehead atoms. The maximum atomic E-state index is 13.1. The second-order valence-electron chi connectivity index (χ2n) is 20.8. The highest BCUT2D eigenvalue weighted by Gasteiger charge is 2.47. The molecule has 14 heteroatoms. The molecule has 0 aromatic rings. The standard InChI is InChI=1S/C57H108O14/c1-3-5-7-9-11-13-15-17-19-21-22-23-24-25-26-28-30-32-34-36-38-40-49(59)69-46(43-66-41-39-37-35-33-31-29-27-20-18-16-14-12-10-8-6-4-2)44-67-56-55(65)53(63)51(61)48(71-56)45-68-57-54(64)52(62)50(60)47(42-58)70-57/h18,20,46-48,50-58,60-65H,3-17,19,21-45H2,1-2H3/b20-18-. The first-order valence-electron chi connectivity index (χ1n) is 29.3. The fraction of sp³-hybridized carbons (Fsp3) is 0.947. The summed E-state index contributed by atoms with van der Waals surface area (Å²) in [7, 11) is 0. The summed E-state index contributed by atoms with van der Waals surface area (Å²) in [5.74, 6) is -0.372. The number of unbranched alkanes of at least 4 members (excludes halogenated alkanes) is 32. The van der Waals surface area contributed by atoms with Crippen LogP contribution in [0, 0.1) is 0 Å². The van der Waals surface area contributed by atoms with Crippen LogP contribution < -0.4 is 0 Å². The highest BCUT2D eigenvalue weighted by Crippen LogP contribution is 2.27. The lowest BCUT2D eigenvalue weighted by Crippen LogP contribution is -2.61. The van der Waals surface area contributed by atoms with Crippen LogP contribution in [0.4, 0.5) is 0 Å². The van der Waals surface area contributed by atoms with Crippen LogP contribution in [0.2, 0.25) is 0 Å². The van der Waals surface area contributed by atoms with E-state index in [9.17, 15) is 40.5 Å². The van der Waals surface area contributed by atoms with Crippen LogP contribution in [0.5, 0.6) is 0 Å². The van der Waals surface area contributed by atoms with Gasteiger partial charge in [0.25, 0.3) is 0 Å². The van der Waals surface area contributed by atoms with Gasteiger partial charge in [0.2, 0.25) is 0 Å². The van der Waals surface area contributed by atoms with Gasteiger partial charge in [0.1, 0.15) is 54.9 Å². The van der Waals surface area contributed by atoms with Gasteiger partial charge >= 0.3 is 5.97 Å². The van der Waals surface area contributed by atoms with Crippen molar-refractivity contribution in [2.24, 2.45) is 0 Å². The van der Waals surface area contributed by atoms with Crippen LogP contribution >= 0.6 is 0 Å². The van der Waals surface area contributed by atoms with Gasteiger partial charge < -0.3 is 64.2 Å². The molecule has 11 unspecified atom stereocenters. The molecule has 0 spiro atoms. The minimum absolute atomic E-state index is 0.0633. The molecule has 2 aliphatic rings. The Kier molecular flexibility index (Phi) is 41.7. The number of aliphatic hydroxyl groups is 7. The quantitative estimate of drug-likeness (QED) is 0.0172. The fourth-order valence-corrected chi connectivity index (χ4v) is 9.52. The Hall–Kier alpha value is -1.27. The lowest BCUT2D eigenvalue weighted by Gasteiger charge is -2.42. The minimum Gasteiger partial charge on any atom is -0.457 e. The van der Waals surface area contributed by atoms with Crippen molar-refractivity contribution in [1.82, 2.24) is 0 Å². The topological polar surface area (TPSA) is 214 Å². The SMILES string of the molecule is CCCCCCCC/C=C\CCCCCCCCOCC(COC1OC(COC2OC(CO)C(O)C(O)C2O)C(O)C(O)C1O)OC(=O)CCCCCCCCCCCCCCCCCCCCCCC. The van der Waals surface area contributed by atoms with Crippen LogP contribution in [-0.4, -0.2) is 142 Å². The highest BCUT2D eigenvalue weighted by molar-refractivity contribution is 5.69. The normalized spacial score (nSPS) is 25.3. The molecule has 2 rings (SSSR count). The van der Waals surface area contributed by atoms with Crippen molar-refractivity contribution >= 4 is 5.97 Å². The highest BCUT2D eigenvalue weighted by atomic mass is 16.7. The first-order chi connectivity index (χ1) is 34.6. The molecule has 0 aromatic heterocycles. The number of ether oxygens (including phenoxy) is 6. The molecule has 0 saturated carbocycles. The van der Waals surface area contributed by atoms with E-state index in [4.69, 9.17) is 28.4 Å². The molecule has 0 amide bonds. The Morgan fingerprint density at radius 1 is 0.451 bits per heavy atom. The van der Waals surface area contributed by atoms with Crippen molar-refractivity contribution in [1.29, 1.82) is 0 Å². The molecule has 2 saturated heterocycles. The monoisotopic (exact) mass is 1020 g/mol. The van der Waals surface area contributed by atoms with Gasteiger partial charge in [0.05, 0.1) is 26.4 Å². The molecule has 420 valence electrons. The first-order valence-corrected chi connectivity index (χ1v) is 29.3. The average molecular weight is 1020 g/mol. The van der Waals surface area contributed by atoms with Crippen LogP contribution in [0.1, 0.15) is 245 Å². The van der Waals surface area contributed by atoms with Gasteiger partial charge in [-0.2, -0.15) is 0 Å². The Balaban J connectivity index is 1.70. The molecule has 2 heterocycles. The summed E-state index contributed by atoms with van der Waals surface area (Å²) in [4.78, 5) is 13.1. The zero-order chi connectivity index (χ0) is 51.6. The molecule has 0 radical (unpaired) electrons. The van der Waals surface area contributed by atoms with Crippen molar-refractivity contribution in [3.63, 3.8) is 0 Å². The van der Waals surface area contributed by atoms with E-state index >= 15 is 0 Å². The molecule has 7 N–H and O–H groups in total. The molecule has 0 aliphatic carbocycles. The second-order valence-corrected chi connectivity index (χ2v) is 20.8. The van der Waals surface area contributed by atoms with E-state index in [1.165, 1.54) is 173 Å². The van der Waals surface area contributed by atoms with Crippen molar-refractivity contribution in [3.8, 4) is 0 Å². The number of carbonyl (C=O) groups excluding carboxylic acids is 1. The van der Waals surface area contributed by atoms with Gasteiger partial charge in [-0.25, -0.2) is 0 Å². The summed E-state index contributed by atoms with van der Waals surface area (Å²) >= 11 is 0. The van der Waals surface area contributed by atoms with E-state index in [1.807, 2.05) is 0 Å². The summed E-state index contributed by atoms with van der Waals surface area (Å²) < 4.78 is 34.4. The zero-order valence-corrected chi connectivity index (χ0v) is 45.0. The van der Waals surface area contributed by atoms with E-state index in [-0.39, 0.29) is 25.6 Å². The molecule has 0 aromatic carbocycles. The third-order valence-corrected chi connectivity index (χ3v) is 14.3. The van der Waals surface area contributed by atoms with E-state index in [0.29, 0.717) is 13.0 Å². The predicted octanol–water partition coefficient (Wildman–Crippen LogP) is 10.2. The minimum atomic E-state index is -1.70. The number of allylic oxidation sites excluding steroid dienone is 2. The number of esters is 1. The van der Waals surface area contributed by atoms with Crippen molar-refractivity contribution < 1.29 is 69.0 Å². The maximum absolute atomic E-state index is 13.1. The van der Waals surface area contributed by atoms with Gasteiger partial charge in [0, 0.05) is 13.0 Å². The largest absolute Gasteiger partial charge is 0.457 e. The lowest BCUT2D eigenvalue weighted by atomic mass is 9.98. The van der Waals surface area contributed by atoms with Gasteiger partial charge in [-0.05, 0) is 38.5 Å². The Morgan fingerprint density at radius 2 is 0.831 bits per heavy atom. The van der Waals surface area contributed by atoms with Crippen molar-refractivity contribution in [2.45, 2.75) is 313 Å². The molecular weight excluding hydrogens is 909 g/mol. The van der Waals surface area contributed by atoms with Crippen molar-refractivity contribution in [2.75, 3.05) is 33.0 Å². The summed E-state index contributed by atoms with van der Waals surface area (Å²) in [6.07, 6.45) is 32.7. The summed E-state index contributed by atoms with van der Waals surface area (Å²) in [6, 6.07) is 0. The summed E-state index contributed by atoms with van der Waals surface area (Å²) in [6.45, 7) is 3.72. The Labute approximate surface area is 431 Å². The average Bonchev–Trinajstić information content (AvgIpc) is 3.37. The lowest BCUT2D eigenvalue weighted by molar-refractivity contribution is -0.332. The molecule has 2 aliphatic heterocycles.